The quantitative estimate of drug-likeness (QED) is 0.670. The van der Waals surface area contributed by atoms with Crippen LogP contribution in [-0.4, -0.2) is 9.55 Å². The number of aromatic nitrogens is 2. The van der Waals surface area contributed by atoms with Crippen molar-refractivity contribution in [1.29, 1.82) is 0 Å². The smallest absolute Gasteiger partial charge is 0.0954 e. The third-order valence-corrected chi connectivity index (χ3v) is 2.91. The molecule has 2 atom stereocenters. The highest BCUT2D eigenvalue weighted by molar-refractivity contribution is 4.99. The lowest BCUT2D eigenvalue weighted by Gasteiger charge is -2.25. The van der Waals surface area contributed by atoms with Crippen LogP contribution in [0.2, 0.25) is 0 Å². The van der Waals surface area contributed by atoms with E-state index >= 15 is 0 Å². The van der Waals surface area contributed by atoms with Crippen LogP contribution in [0, 0.1) is 18.8 Å². The van der Waals surface area contributed by atoms with Gasteiger partial charge in [0.25, 0.3) is 0 Å². The third kappa shape index (κ3) is 2.25. The first-order valence-electron chi connectivity index (χ1n) is 5.19. The second-order valence-corrected chi connectivity index (χ2v) is 4.29. The van der Waals surface area contributed by atoms with Crippen molar-refractivity contribution >= 4 is 0 Å². The highest BCUT2D eigenvalue weighted by Gasteiger charge is 2.18. The molecular weight excluding hydrogens is 172 g/mol. The Morgan fingerprint density at radius 1 is 1.43 bits per heavy atom. The van der Waals surface area contributed by atoms with Gasteiger partial charge in [0.05, 0.1) is 18.1 Å². The molecule has 1 heterocycles. The molecule has 78 valence electrons. The van der Waals surface area contributed by atoms with Crippen molar-refractivity contribution < 1.29 is 0 Å². The van der Waals surface area contributed by atoms with E-state index in [2.05, 4.69) is 43.1 Å². The topological polar surface area (TPSA) is 17.8 Å². The first-order chi connectivity index (χ1) is 6.56. The molecule has 1 aromatic rings. The van der Waals surface area contributed by atoms with Crippen LogP contribution in [0.5, 0.6) is 0 Å². The summed E-state index contributed by atoms with van der Waals surface area (Å²) in [5.74, 6) is 1.24. The molecule has 0 radical (unpaired) electrons. The molecule has 0 saturated heterocycles. The minimum Gasteiger partial charge on any atom is -0.330 e. The van der Waals surface area contributed by atoms with Gasteiger partial charge < -0.3 is 4.57 Å². The fraction of sp³-hybridized carbons (Fsp3) is 0.583. The number of hydrogen-bond donors (Lipinski definition) is 0. The lowest BCUT2D eigenvalue weighted by atomic mass is 9.90. The van der Waals surface area contributed by atoms with Crippen molar-refractivity contribution in [3.8, 4) is 0 Å². The van der Waals surface area contributed by atoms with Gasteiger partial charge in [-0.3, -0.25) is 0 Å². The van der Waals surface area contributed by atoms with E-state index in [0.29, 0.717) is 17.9 Å². The van der Waals surface area contributed by atoms with Crippen LogP contribution in [0.4, 0.5) is 0 Å². The third-order valence-electron chi connectivity index (χ3n) is 2.91. The van der Waals surface area contributed by atoms with Gasteiger partial charge in [-0.2, -0.15) is 0 Å². The number of allylic oxidation sites excluding steroid dienone is 1. The van der Waals surface area contributed by atoms with Crippen LogP contribution in [0.25, 0.3) is 0 Å². The van der Waals surface area contributed by atoms with Gasteiger partial charge in [0.15, 0.2) is 0 Å². The zero-order valence-corrected chi connectivity index (χ0v) is 9.57. The summed E-state index contributed by atoms with van der Waals surface area (Å²) in [5, 5.41) is 0. The lowest BCUT2D eigenvalue weighted by molar-refractivity contribution is 0.321. The maximum Gasteiger partial charge on any atom is 0.0954 e. The van der Waals surface area contributed by atoms with E-state index in [1.54, 1.807) is 0 Å². The van der Waals surface area contributed by atoms with E-state index in [0.717, 1.165) is 5.69 Å². The molecule has 1 aromatic heterocycles. The Morgan fingerprint density at radius 3 is 2.43 bits per heavy atom. The van der Waals surface area contributed by atoms with Crippen LogP contribution < -0.4 is 0 Å². The average molecular weight is 192 g/mol. The maximum atomic E-state index is 4.24. The van der Waals surface area contributed by atoms with Crippen LogP contribution in [0.15, 0.2) is 25.2 Å². The summed E-state index contributed by atoms with van der Waals surface area (Å²) in [6, 6.07) is 0.358. The SMILES string of the molecule is C=CC([C@H](C)C(C)C)n1cnc(C)c1. The van der Waals surface area contributed by atoms with Crippen molar-refractivity contribution in [2.24, 2.45) is 11.8 Å². The number of nitrogens with zero attached hydrogens (tertiary/aromatic N) is 2. The van der Waals surface area contributed by atoms with E-state index in [9.17, 15) is 0 Å². The van der Waals surface area contributed by atoms with Crippen molar-refractivity contribution in [3.63, 3.8) is 0 Å². The second-order valence-electron chi connectivity index (χ2n) is 4.29. The molecule has 0 aromatic carbocycles. The Hall–Kier alpha value is -1.05. The summed E-state index contributed by atoms with van der Waals surface area (Å²) in [4.78, 5) is 4.24. The molecule has 1 rings (SSSR count). The van der Waals surface area contributed by atoms with Gasteiger partial charge >= 0.3 is 0 Å². The summed E-state index contributed by atoms with van der Waals surface area (Å²) in [6.07, 6.45) is 5.97. The minimum atomic E-state index is 0.358. The molecule has 0 N–H and O–H groups in total. The van der Waals surface area contributed by atoms with E-state index in [-0.39, 0.29) is 0 Å². The molecular formula is C12H20N2. The van der Waals surface area contributed by atoms with Gasteiger partial charge in [0.2, 0.25) is 0 Å². The molecule has 0 aliphatic heterocycles. The minimum absolute atomic E-state index is 0.358. The summed E-state index contributed by atoms with van der Waals surface area (Å²) >= 11 is 0. The molecule has 0 saturated carbocycles. The maximum absolute atomic E-state index is 4.24. The zero-order valence-electron chi connectivity index (χ0n) is 9.57. The predicted molar refractivity (Wildman–Crippen MR) is 60.2 cm³/mol. The standard InChI is InChI=1S/C12H20N2/c1-6-12(11(5)9(2)3)14-7-10(4)13-8-14/h6-9,11-12H,1H2,2-5H3/t11-,12?/m1/s1. The summed E-state index contributed by atoms with van der Waals surface area (Å²) < 4.78 is 2.15. The molecule has 0 fully saturated rings. The normalized spacial score (nSPS) is 15.5. The van der Waals surface area contributed by atoms with Gasteiger partial charge in [-0.1, -0.05) is 26.8 Å². The molecule has 0 aliphatic carbocycles. The molecule has 14 heavy (non-hydrogen) atoms. The molecule has 0 spiro atoms. The van der Waals surface area contributed by atoms with Crippen molar-refractivity contribution in [1.82, 2.24) is 9.55 Å². The van der Waals surface area contributed by atoms with Gasteiger partial charge in [-0.25, -0.2) is 4.98 Å². The predicted octanol–water partition coefficient (Wildman–Crippen LogP) is 3.21. The summed E-state index contributed by atoms with van der Waals surface area (Å²) in [6.45, 7) is 12.7. The van der Waals surface area contributed by atoms with Crippen molar-refractivity contribution in [2.75, 3.05) is 0 Å². The highest BCUT2D eigenvalue weighted by atomic mass is 15.1. The van der Waals surface area contributed by atoms with E-state index in [4.69, 9.17) is 0 Å². The average Bonchev–Trinajstić information content (AvgIpc) is 2.53. The molecule has 1 unspecified atom stereocenters. The number of hydrogen-bond acceptors (Lipinski definition) is 1. The van der Waals surface area contributed by atoms with E-state index in [1.807, 2.05) is 19.3 Å². The Bertz CT molecular complexity index is 299. The first kappa shape index (κ1) is 11.0. The molecule has 0 bridgehead atoms. The first-order valence-corrected chi connectivity index (χ1v) is 5.19. The number of rotatable bonds is 4. The van der Waals surface area contributed by atoms with Gasteiger partial charge in [-0.15, -0.1) is 6.58 Å². The fourth-order valence-corrected chi connectivity index (χ4v) is 1.61. The zero-order chi connectivity index (χ0) is 10.7. The van der Waals surface area contributed by atoms with Crippen molar-refractivity contribution in [3.05, 3.63) is 30.9 Å². The number of aryl methyl sites for hydroxylation is 1. The van der Waals surface area contributed by atoms with Gasteiger partial charge in [-0.05, 0) is 18.8 Å². The highest BCUT2D eigenvalue weighted by Crippen LogP contribution is 2.25. The second kappa shape index (κ2) is 4.45. The van der Waals surface area contributed by atoms with E-state index in [1.165, 1.54) is 0 Å². The Morgan fingerprint density at radius 2 is 2.07 bits per heavy atom. The Kier molecular flexibility index (Phi) is 3.50. The van der Waals surface area contributed by atoms with Crippen LogP contribution in [0.1, 0.15) is 32.5 Å². The molecule has 2 nitrogen and oxygen atoms in total. The van der Waals surface area contributed by atoms with E-state index < -0.39 is 0 Å². The molecule has 0 amide bonds. The van der Waals surface area contributed by atoms with Crippen LogP contribution in [0.3, 0.4) is 0 Å². The summed E-state index contributed by atoms with van der Waals surface area (Å²) in [5.41, 5.74) is 1.06. The molecule has 2 heteroatoms. The Balaban J connectivity index is 2.87. The number of imidazole rings is 1. The summed E-state index contributed by atoms with van der Waals surface area (Å²) in [7, 11) is 0. The van der Waals surface area contributed by atoms with Crippen LogP contribution >= 0.6 is 0 Å². The van der Waals surface area contributed by atoms with Crippen molar-refractivity contribution in [2.45, 2.75) is 33.7 Å². The largest absolute Gasteiger partial charge is 0.330 e. The van der Waals surface area contributed by atoms with Gasteiger partial charge in [0, 0.05) is 6.20 Å². The fourth-order valence-electron chi connectivity index (χ4n) is 1.61. The van der Waals surface area contributed by atoms with Crippen LogP contribution in [-0.2, 0) is 0 Å². The van der Waals surface area contributed by atoms with Gasteiger partial charge in [0.1, 0.15) is 0 Å². The Labute approximate surface area is 86.7 Å². The lowest BCUT2D eigenvalue weighted by Crippen LogP contribution is -2.18. The molecule has 0 aliphatic rings. The monoisotopic (exact) mass is 192 g/mol.